The van der Waals surface area contributed by atoms with Gasteiger partial charge in [0.15, 0.2) is 0 Å². The first kappa shape index (κ1) is 19.0. The summed E-state index contributed by atoms with van der Waals surface area (Å²) >= 11 is 0. The van der Waals surface area contributed by atoms with Gasteiger partial charge in [0.05, 0.1) is 0 Å². The van der Waals surface area contributed by atoms with Crippen LogP contribution in [0.3, 0.4) is 0 Å². The van der Waals surface area contributed by atoms with Gasteiger partial charge in [-0.3, -0.25) is 9.78 Å². The van der Waals surface area contributed by atoms with Gasteiger partial charge in [-0.15, -0.1) is 0 Å². The first-order valence-corrected chi connectivity index (χ1v) is 10.7. The fourth-order valence-corrected chi connectivity index (χ4v) is 4.31. The number of amides is 1. The molecule has 1 aromatic heterocycles. The molecule has 2 aliphatic rings. The van der Waals surface area contributed by atoms with Gasteiger partial charge in [0.2, 0.25) is 5.91 Å². The number of hydrogen-bond acceptors (Lipinski definition) is 3. The van der Waals surface area contributed by atoms with Gasteiger partial charge >= 0.3 is 0 Å². The zero-order valence-corrected chi connectivity index (χ0v) is 17.1. The normalized spacial score (nSPS) is 20.9. The average molecular weight is 378 g/mol. The Hall–Kier alpha value is -2.36. The van der Waals surface area contributed by atoms with Crippen LogP contribution in [0.1, 0.15) is 56.1 Å². The number of aromatic nitrogens is 1. The molecule has 1 aromatic carbocycles. The van der Waals surface area contributed by atoms with E-state index < -0.39 is 0 Å². The van der Waals surface area contributed by atoms with Crippen LogP contribution < -0.4 is 4.90 Å². The third-order valence-corrected chi connectivity index (χ3v) is 6.53. The zero-order valence-electron chi connectivity index (χ0n) is 17.1. The lowest BCUT2D eigenvalue weighted by Crippen LogP contribution is -2.45. The highest BCUT2D eigenvalue weighted by atomic mass is 16.2. The largest absolute Gasteiger partial charge is 0.370 e. The standard InChI is InChI=1S/C24H31N3O/c1-3-18(2)13-24(28)26-12-10-21(15-26)19-6-8-23(9-7-19)27-16-22(17-27)20-5-4-11-25-14-20/h4-9,11,14,18,21-22H,3,10,12-13,15-17H2,1-2H3. The molecule has 2 unspecified atom stereocenters. The van der Waals surface area contributed by atoms with E-state index in [0.29, 0.717) is 30.1 Å². The molecule has 2 aliphatic heterocycles. The van der Waals surface area contributed by atoms with E-state index in [4.69, 9.17) is 0 Å². The molecule has 0 radical (unpaired) electrons. The molecule has 1 amide bonds. The smallest absolute Gasteiger partial charge is 0.222 e. The number of carbonyl (C=O) groups excluding carboxylic acids is 1. The van der Waals surface area contributed by atoms with E-state index in [1.165, 1.54) is 16.8 Å². The summed E-state index contributed by atoms with van der Waals surface area (Å²) < 4.78 is 0. The number of likely N-dealkylation sites (tertiary alicyclic amines) is 1. The van der Waals surface area contributed by atoms with Crippen molar-refractivity contribution >= 4 is 11.6 Å². The Morgan fingerprint density at radius 1 is 1.11 bits per heavy atom. The predicted octanol–water partition coefficient (Wildman–Crippen LogP) is 4.44. The van der Waals surface area contributed by atoms with E-state index in [9.17, 15) is 4.79 Å². The molecular weight excluding hydrogens is 346 g/mol. The van der Waals surface area contributed by atoms with Crippen LogP contribution in [0.15, 0.2) is 48.8 Å². The van der Waals surface area contributed by atoms with Gasteiger partial charge in [-0.1, -0.05) is 38.5 Å². The summed E-state index contributed by atoms with van der Waals surface area (Å²) in [5, 5.41) is 0. The molecule has 0 N–H and O–H groups in total. The van der Waals surface area contributed by atoms with E-state index >= 15 is 0 Å². The average Bonchev–Trinajstić information content (AvgIpc) is 3.18. The molecular formula is C24H31N3O. The molecule has 4 rings (SSSR count). The van der Waals surface area contributed by atoms with Crippen molar-refractivity contribution in [2.75, 3.05) is 31.1 Å². The molecule has 3 heterocycles. The lowest BCUT2D eigenvalue weighted by Gasteiger charge is -2.41. The Morgan fingerprint density at radius 3 is 2.57 bits per heavy atom. The summed E-state index contributed by atoms with van der Waals surface area (Å²) in [5.74, 6) is 1.89. The van der Waals surface area contributed by atoms with Crippen LogP contribution in [0.2, 0.25) is 0 Å². The van der Waals surface area contributed by atoms with E-state index in [1.807, 2.05) is 18.5 Å². The molecule has 2 saturated heterocycles. The molecule has 2 fully saturated rings. The third kappa shape index (κ3) is 4.06. The minimum Gasteiger partial charge on any atom is -0.370 e. The van der Waals surface area contributed by atoms with Crippen molar-refractivity contribution in [3.05, 3.63) is 59.9 Å². The maximum Gasteiger partial charge on any atom is 0.222 e. The SMILES string of the molecule is CCC(C)CC(=O)N1CCC(c2ccc(N3CC(c4cccnc4)C3)cc2)C1. The van der Waals surface area contributed by atoms with E-state index in [1.54, 1.807) is 0 Å². The van der Waals surface area contributed by atoms with Crippen molar-refractivity contribution < 1.29 is 4.79 Å². The highest BCUT2D eigenvalue weighted by Crippen LogP contribution is 2.33. The van der Waals surface area contributed by atoms with Gasteiger partial charge in [-0.2, -0.15) is 0 Å². The maximum absolute atomic E-state index is 12.4. The van der Waals surface area contributed by atoms with Gasteiger partial charge in [0, 0.05) is 62.5 Å². The molecule has 0 spiro atoms. The second kappa shape index (κ2) is 8.34. The number of carbonyl (C=O) groups is 1. The number of benzene rings is 1. The Kier molecular flexibility index (Phi) is 5.65. The summed E-state index contributed by atoms with van der Waals surface area (Å²) in [4.78, 5) is 21.2. The molecule has 28 heavy (non-hydrogen) atoms. The van der Waals surface area contributed by atoms with Gasteiger partial charge < -0.3 is 9.80 Å². The van der Waals surface area contributed by atoms with Crippen LogP contribution in [-0.2, 0) is 4.79 Å². The highest BCUT2D eigenvalue weighted by Gasteiger charge is 2.30. The molecule has 4 nitrogen and oxygen atoms in total. The van der Waals surface area contributed by atoms with Crippen LogP contribution in [0.25, 0.3) is 0 Å². The van der Waals surface area contributed by atoms with E-state index in [0.717, 1.165) is 39.0 Å². The number of pyridine rings is 1. The summed E-state index contributed by atoms with van der Waals surface area (Å²) in [7, 11) is 0. The molecule has 0 saturated carbocycles. The van der Waals surface area contributed by atoms with Crippen LogP contribution >= 0.6 is 0 Å². The van der Waals surface area contributed by atoms with Crippen LogP contribution in [0.5, 0.6) is 0 Å². The van der Waals surface area contributed by atoms with Crippen LogP contribution in [-0.4, -0.2) is 42.0 Å². The number of rotatable bonds is 6. The Labute approximate surface area is 168 Å². The van der Waals surface area contributed by atoms with E-state index in [2.05, 4.69) is 59.0 Å². The highest BCUT2D eigenvalue weighted by molar-refractivity contribution is 5.76. The molecule has 0 aliphatic carbocycles. The third-order valence-electron chi connectivity index (χ3n) is 6.53. The van der Waals surface area contributed by atoms with Crippen molar-refractivity contribution in [2.24, 2.45) is 5.92 Å². The fraction of sp³-hybridized carbons (Fsp3) is 0.500. The molecule has 0 bridgehead atoms. The predicted molar refractivity (Wildman–Crippen MR) is 114 cm³/mol. The summed E-state index contributed by atoms with van der Waals surface area (Å²) in [5.41, 5.74) is 4.00. The maximum atomic E-state index is 12.4. The molecule has 2 aromatic rings. The topological polar surface area (TPSA) is 36.4 Å². The summed E-state index contributed by atoms with van der Waals surface area (Å²) in [6.07, 6.45) is 6.66. The van der Waals surface area contributed by atoms with Crippen molar-refractivity contribution in [2.45, 2.75) is 44.9 Å². The summed E-state index contributed by atoms with van der Waals surface area (Å²) in [6, 6.07) is 13.2. The fourth-order valence-electron chi connectivity index (χ4n) is 4.31. The molecule has 2 atom stereocenters. The lowest BCUT2D eigenvalue weighted by atomic mass is 9.91. The Morgan fingerprint density at radius 2 is 1.89 bits per heavy atom. The molecule has 148 valence electrons. The lowest BCUT2D eigenvalue weighted by molar-refractivity contribution is -0.131. The first-order valence-electron chi connectivity index (χ1n) is 10.7. The second-order valence-corrected chi connectivity index (χ2v) is 8.52. The van der Waals surface area contributed by atoms with Crippen LogP contribution in [0, 0.1) is 5.92 Å². The van der Waals surface area contributed by atoms with Crippen molar-refractivity contribution in [3.8, 4) is 0 Å². The second-order valence-electron chi connectivity index (χ2n) is 8.52. The first-order chi connectivity index (χ1) is 13.6. The quantitative estimate of drug-likeness (QED) is 0.747. The van der Waals surface area contributed by atoms with Crippen molar-refractivity contribution in [1.82, 2.24) is 9.88 Å². The van der Waals surface area contributed by atoms with Gasteiger partial charge in [0.25, 0.3) is 0 Å². The van der Waals surface area contributed by atoms with Gasteiger partial charge in [0.1, 0.15) is 0 Å². The number of anilines is 1. The monoisotopic (exact) mass is 377 g/mol. The Bertz CT molecular complexity index is 783. The van der Waals surface area contributed by atoms with Gasteiger partial charge in [-0.05, 0) is 41.7 Å². The summed E-state index contributed by atoms with van der Waals surface area (Å²) in [6.45, 7) is 8.23. The van der Waals surface area contributed by atoms with Gasteiger partial charge in [-0.25, -0.2) is 0 Å². The molecule has 4 heteroatoms. The number of nitrogens with zero attached hydrogens (tertiary/aromatic N) is 3. The zero-order chi connectivity index (χ0) is 19.5. The minimum atomic E-state index is 0.329. The van der Waals surface area contributed by atoms with Crippen molar-refractivity contribution in [1.29, 1.82) is 0 Å². The number of hydrogen-bond donors (Lipinski definition) is 0. The van der Waals surface area contributed by atoms with Crippen LogP contribution in [0.4, 0.5) is 5.69 Å². The Balaban J connectivity index is 1.30. The van der Waals surface area contributed by atoms with E-state index in [-0.39, 0.29) is 0 Å². The van der Waals surface area contributed by atoms with Crippen molar-refractivity contribution in [3.63, 3.8) is 0 Å². The minimum absolute atomic E-state index is 0.329.